The average Bonchev–Trinajstić information content (AvgIpc) is 1.81. The summed E-state index contributed by atoms with van der Waals surface area (Å²) in [6.07, 6.45) is 3.10. The first-order chi connectivity index (χ1) is 3.91. The average molecular weight is 152 g/mol. The van der Waals surface area contributed by atoms with Crippen LogP contribution in [0.2, 0.25) is 0 Å². The normalized spacial score (nSPS) is 12.8. The third kappa shape index (κ3) is 6.78. The smallest absolute Gasteiger partial charge is 0.0142 e. The van der Waals surface area contributed by atoms with Gasteiger partial charge in [-0.05, 0) is 6.66 Å². The van der Waals surface area contributed by atoms with Crippen molar-refractivity contribution in [3.8, 4) is 0 Å². The molecule has 0 saturated heterocycles. The molecule has 2 nitrogen and oxygen atoms in total. The van der Waals surface area contributed by atoms with E-state index in [1.165, 1.54) is 0 Å². The molecule has 0 heterocycles. The summed E-state index contributed by atoms with van der Waals surface area (Å²) in [6, 6.07) is 0. The van der Waals surface area contributed by atoms with Crippen LogP contribution in [0.15, 0.2) is 0 Å². The Morgan fingerprint density at radius 2 is 2.25 bits per heavy atom. The van der Waals surface area contributed by atoms with Gasteiger partial charge < -0.3 is 11.1 Å². The Bertz CT molecular complexity index is 37.0. The van der Waals surface area contributed by atoms with Gasteiger partial charge in [-0.1, -0.05) is 8.58 Å². The molecule has 0 fully saturated rings. The molecule has 0 bridgehead atoms. The molecule has 2 unspecified atom stereocenters. The van der Waals surface area contributed by atoms with E-state index in [4.69, 9.17) is 5.73 Å². The highest BCUT2D eigenvalue weighted by molar-refractivity contribution is 7.38. The zero-order valence-corrected chi connectivity index (χ0v) is 7.20. The standard InChI is InChI=1S/C4H14N2P2/c1-7-3-6-4-8-2-5/h6-8H,2-5H2,1H3. The number of nitrogens with one attached hydrogen (secondary N) is 1. The Morgan fingerprint density at radius 3 is 2.75 bits per heavy atom. The van der Waals surface area contributed by atoms with Crippen molar-refractivity contribution >= 4 is 17.2 Å². The van der Waals surface area contributed by atoms with Crippen LogP contribution < -0.4 is 11.1 Å². The molecule has 0 aromatic heterocycles. The predicted octanol–water partition coefficient (Wildman–Crippen LogP) is 0.394. The topological polar surface area (TPSA) is 38.0 Å². The van der Waals surface area contributed by atoms with Crippen molar-refractivity contribution in [1.29, 1.82) is 0 Å². The second-order valence-electron chi connectivity index (χ2n) is 1.41. The maximum Gasteiger partial charge on any atom is 0.0142 e. The van der Waals surface area contributed by atoms with Crippen molar-refractivity contribution in [2.24, 2.45) is 5.73 Å². The van der Waals surface area contributed by atoms with E-state index in [-0.39, 0.29) is 0 Å². The zero-order valence-electron chi connectivity index (χ0n) is 5.20. The minimum atomic E-state index is 0.833. The van der Waals surface area contributed by atoms with E-state index in [9.17, 15) is 0 Å². The molecule has 0 saturated carbocycles. The lowest BCUT2D eigenvalue weighted by Gasteiger charge is -1.98. The van der Waals surface area contributed by atoms with Crippen LogP contribution in [0.1, 0.15) is 0 Å². The van der Waals surface area contributed by atoms with Gasteiger partial charge in [-0.3, -0.25) is 0 Å². The van der Waals surface area contributed by atoms with Gasteiger partial charge in [0.05, 0.1) is 0 Å². The van der Waals surface area contributed by atoms with E-state index >= 15 is 0 Å². The number of hydrogen-bond acceptors (Lipinski definition) is 2. The van der Waals surface area contributed by atoms with Crippen molar-refractivity contribution in [1.82, 2.24) is 5.32 Å². The Balaban J connectivity index is 2.53. The highest BCUT2D eigenvalue weighted by atomic mass is 31.1. The van der Waals surface area contributed by atoms with Crippen molar-refractivity contribution < 1.29 is 0 Å². The Hall–Kier alpha value is 0.780. The molecule has 0 amide bonds. The number of nitrogens with two attached hydrogens (primary N) is 1. The van der Waals surface area contributed by atoms with Crippen LogP contribution in [0.4, 0.5) is 0 Å². The maximum absolute atomic E-state index is 5.29. The van der Waals surface area contributed by atoms with Gasteiger partial charge in [-0.25, -0.2) is 0 Å². The molecule has 4 heteroatoms. The molecule has 0 spiro atoms. The molecule has 0 aliphatic heterocycles. The fourth-order valence-corrected chi connectivity index (χ4v) is 1.42. The first-order valence-corrected chi connectivity index (χ1v) is 5.80. The Morgan fingerprint density at radius 1 is 1.50 bits per heavy atom. The monoisotopic (exact) mass is 152 g/mol. The number of hydrogen-bond donors (Lipinski definition) is 2. The predicted molar refractivity (Wildman–Crippen MR) is 44.5 cm³/mol. The number of rotatable bonds is 5. The van der Waals surface area contributed by atoms with Crippen LogP contribution in [0.3, 0.4) is 0 Å². The van der Waals surface area contributed by atoms with Crippen LogP contribution in [0.5, 0.6) is 0 Å². The Labute approximate surface area is 54.6 Å². The van der Waals surface area contributed by atoms with Crippen molar-refractivity contribution in [3.63, 3.8) is 0 Å². The molecule has 0 aliphatic carbocycles. The minimum absolute atomic E-state index is 0.833. The highest BCUT2D eigenvalue weighted by Gasteiger charge is 1.79. The SMILES string of the molecule is CPCNCPCN. The molecule has 0 radical (unpaired) electrons. The molecule has 0 aliphatic rings. The van der Waals surface area contributed by atoms with Gasteiger partial charge in [-0.15, -0.1) is 8.58 Å². The molecule has 2 atom stereocenters. The van der Waals surface area contributed by atoms with Crippen molar-refractivity contribution in [2.75, 3.05) is 25.5 Å². The van der Waals surface area contributed by atoms with E-state index < -0.39 is 0 Å². The van der Waals surface area contributed by atoms with Gasteiger partial charge >= 0.3 is 0 Å². The van der Waals surface area contributed by atoms with Gasteiger partial charge in [0, 0.05) is 18.9 Å². The van der Waals surface area contributed by atoms with Crippen molar-refractivity contribution in [3.05, 3.63) is 0 Å². The molecule has 0 aromatic carbocycles. The highest BCUT2D eigenvalue weighted by Crippen LogP contribution is 2.03. The molecule has 50 valence electrons. The van der Waals surface area contributed by atoms with E-state index in [1.807, 2.05) is 0 Å². The van der Waals surface area contributed by atoms with Crippen LogP contribution in [0, 0.1) is 0 Å². The zero-order chi connectivity index (χ0) is 6.24. The lowest BCUT2D eigenvalue weighted by molar-refractivity contribution is 0.940. The summed E-state index contributed by atoms with van der Waals surface area (Å²) in [7, 11) is 1.92. The summed E-state index contributed by atoms with van der Waals surface area (Å²) in [5, 5.41) is 3.28. The van der Waals surface area contributed by atoms with E-state index in [1.54, 1.807) is 0 Å². The van der Waals surface area contributed by atoms with Gasteiger partial charge in [0.1, 0.15) is 0 Å². The van der Waals surface area contributed by atoms with Crippen LogP contribution in [0.25, 0.3) is 0 Å². The van der Waals surface area contributed by atoms with Crippen LogP contribution >= 0.6 is 17.2 Å². The summed E-state index contributed by atoms with van der Waals surface area (Å²) in [4.78, 5) is 0. The molecular formula is C4H14N2P2. The summed E-state index contributed by atoms with van der Waals surface area (Å²) in [5.41, 5.74) is 5.29. The molecule has 8 heavy (non-hydrogen) atoms. The third-order valence-corrected chi connectivity index (χ3v) is 2.09. The lowest BCUT2D eigenvalue weighted by atomic mass is 11.2. The summed E-state index contributed by atoms with van der Waals surface area (Å²) < 4.78 is 0. The van der Waals surface area contributed by atoms with Gasteiger partial charge in [0.2, 0.25) is 0 Å². The van der Waals surface area contributed by atoms with E-state index in [0.717, 1.165) is 36.0 Å². The fraction of sp³-hybridized carbons (Fsp3) is 1.00. The molecule has 0 aromatic rings. The van der Waals surface area contributed by atoms with E-state index in [0.29, 0.717) is 0 Å². The summed E-state index contributed by atoms with van der Waals surface area (Å²) in [6.45, 7) is 2.19. The van der Waals surface area contributed by atoms with E-state index in [2.05, 4.69) is 12.0 Å². The van der Waals surface area contributed by atoms with Crippen LogP contribution in [-0.2, 0) is 0 Å². The Kier molecular flexibility index (Phi) is 8.54. The first-order valence-electron chi connectivity index (χ1n) is 2.68. The third-order valence-electron chi connectivity index (χ3n) is 0.696. The maximum atomic E-state index is 5.29. The second kappa shape index (κ2) is 7.78. The van der Waals surface area contributed by atoms with Gasteiger partial charge in [0.25, 0.3) is 0 Å². The largest absolute Gasteiger partial charge is 0.327 e. The minimum Gasteiger partial charge on any atom is -0.327 e. The summed E-state index contributed by atoms with van der Waals surface area (Å²) in [5.74, 6) is 0. The van der Waals surface area contributed by atoms with Gasteiger partial charge in [0.15, 0.2) is 0 Å². The summed E-state index contributed by atoms with van der Waals surface area (Å²) >= 11 is 0. The van der Waals surface area contributed by atoms with Crippen LogP contribution in [-0.4, -0.2) is 25.5 Å². The lowest BCUT2D eigenvalue weighted by Crippen LogP contribution is -2.10. The molecule has 3 N–H and O–H groups in total. The first kappa shape index (κ1) is 8.78. The fourth-order valence-electron chi connectivity index (χ4n) is 0.348. The second-order valence-corrected chi connectivity index (χ2v) is 3.73. The van der Waals surface area contributed by atoms with Gasteiger partial charge in [-0.2, -0.15) is 0 Å². The molecule has 0 rings (SSSR count). The quantitative estimate of drug-likeness (QED) is 0.442. The molecular weight excluding hydrogens is 138 g/mol. The van der Waals surface area contributed by atoms with Crippen molar-refractivity contribution in [2.45, 2.75) is 0 Å².